The third-order valence-corrected chi connectivity index (χ3v) is 4.95. The van der Waals surface area contributed by atoms with Gasteiger partial charge in [0.1, 0.15) is 35.0 Å². The molecule has 0 aliphatic carbocycles. The first-order chi connectivity index (χ1) is 14.0. The number of hydrogen-bond acceptors (Lipinski definition) is 5. The van der Waals surface area contributed by atoms with Crippen LogP contribution in [-0.2, 0) is 4.79 Å². The van der Waals surface area contributed by atoms with E-state index >= 15 is 0 Å². The number of aromatic nitrogens is 1. The Balaban J connectivity index is 1.62. The summed E-state index contributed by atoms with van der Waals surface area (Å²) in [6, 6.07) is 13.2. The van der Waals surface area contributed by atoms with Gasteiger partial charge in [0.05, 0.1) is 12.6 Å². The molecule has 2 atom stereocenters. The molecule has 2 heterocycles. The molecule has 0 bridgehead atoms. The van der Waals surface area contributed by atoms with Crippen LogP contribution in [0.25, 0.3) is 10.9 Å². The van der Waals surface area contributed by atoms with E-state index in [9.17, 15) is 4.79 Å². The van der Waals surface area contributed by atoms with Crippen molar-refractivity contribution < 1.29 is 19.0 Å². The zero-order chi connectivity index (χ0) is 20.5. The van der Waals surface area contributed by atoms with Crippen molar-refractivity contribution in [1.29, 1.82) is 0 Å². The summed E-state index contributed by atoms with van der Waals surface area (Å²) in [4.78, 5) is 16.9. The first-order valence-electron chi connectivity index (χ1n) is 9.68. The second kappa shape index (κ2) is 7.62. The van der Waals surface area contributed by atoms with Crippen LogP contribution >= 0.6 is 0 Å². The molecule has 150 valence electrons. The number of fused-ring (bicyclic) bond motifs is 2. The molecule has 1 amide bonds. The van der Waals surface area contributed by atoms with Gasteiger partial charge in [0.2, 0.25) is 5.91 Å². The zero-order valence-electron chi connectivity index (χ0n) is 16.9. The number of amides is 1. The number of carbonyl (C=O) groups is 1. The highest BCUT2D eigenvalue weighted by Gasteiger charge is 2.37. The third kappa shape index (κ3) is 3.70. The van der Waals surface area contributed by atoms with Gasteiger partial charge in [-0.2, -0.15) is 0 Å². The molecule has 0 saturated carbocycles. The zero-order valence-corrected chi connectivity index (χ0v) is 16.9. The molecule has 6 nitrogen and oxygen atoms in total. The van der Waals surface area contributed by atoms with Crippen molar-refractivity contribution in [2.24, 2.45) is 0 Å². The summed E-state index contributed by atoms with van der Waals surface area (Å²) in [5, 5.41) is 3.86. The number of nitrogens with zero attached hydrogens (tertiary/aromatic N) is 1. The van der Waals surface area contributed by atoms with Gasteiger partial charge < -0.3 is 19.5 Å². The molecule has 1 N–H and O–H groups in total. The Morgan fingerprint density at radius 1 is 1.14 bits per heavy atom. The van der Waals surface area contributed by atoms with Crippen LogP contribution in [0.5, 0.6) is 23.0 Å². The first-order valence-corrected chi connectivity index (χ1v) is 9.68. The molecule has 0 spiro atoms. The number of methoxy groups -OCH3 is 1. The van der Waals surface area contributed by atoms with E-state index < -0.39 is 0 Å². The van der Waals surface area contributed by atoms with E-state index in [1.165, 1.54) is 0 Å². The van der Waals surface area contributed by atoms with Gasteiger partial charge in [0, 0.05) is 35.3 Å². The maximum absolute atomic E-state index is 12.6. The van der Waals surface area contributed by atoms with Crippen LogP contribution in [-0.4, -0.2) is 30.1 Å². The van der Waals surface area contributed by atoms with Gasteiger partial charge in [-0.3, -0.25) is 9.78 Å². The second-order valence-corrected chi connectivity index (χ2v) is 7.46. The van der Waals surface area contributed by atoms with E-state index in [1.807, 2.05) is 63.2 Å². The molecular formula is C23H24N2O4. The van der Waals surface area contributed by atoms with Crippen LogP contribution in [0.2, 0.25) is 0 Å². The quantitative estimate of drug-likeness (QED) is 0.696. The standard InChI is InChI=1S/C23H24N2O4/c1-13(2)25-23(26)22-14(3)28-21-12-16(6-8-18(21)22)29-20-9-10-24-19-11-15(27-4)5-7-17(19)20/h5-14,22H,1-4H3,(H,25,26). The van der Waals surface area contributed by atoms with Crippen LogP contribution < -0.4 is 19.5 Å². The van der Waals surface area contributed by atoms with Crippen molar-refractivity contribution in [2.45, 2.75) is 38.8 Å². The molecule has 4 rings (SSSR count). The lowest BCUT2D eigenvalue weighted by Gasteiger charge is -2.16. The number of hydrogen-bond donors (Lipinski definition) is 1. The van der Waals surface area contributed by atoms with E-state index in [1.54, 1.807) is 13.3 Å². The van der Waals surface area contributed by atoms with E-state index in [4.69, 9.17) is 14.2 Å². The van der Waals surface area contributed by atoms with E-state index in [0.29, 0.717) is 17.2 Å². The molecule has 0 radical (unpaired) electrons. The third-order valence-electron chi connectivity index (χ3n) is 4.95. The van der Waals surface area contributed by atoms with E-state index in [2.05, 4.69) is 10.3 Å². The lowest BCUT2D eigenvalue weighted by molar-refractivity contribution is -0.124. The molecule has 2 aromatic carbocycles. The molecule has 0 fully saturated rings. The topological polar surface area (TPSA) is 69.7 Å². The Hall–Kier alpha value is -3.28. The fourth-order valence-corrected chi connectivity index (χ4v) is 3.63. The Morgan fingerprint density at radius 3 is 2.69 bits per heavy atom. The highest BCUT2D eigenvalue weighted by molar-refractivity contribution is 5.87. The molecule has 1 aliphatic heterocycles. The smallest absolute Gasteiger partial charge is 0.231 e. The lowest BCUT2D eigenvalue weighted by Crippen LogP contribution is -2.37. The Kier molecular flexibility index (Phi) is 5.01. The average Bonchev–Trinajstić information content (AvgIpc) is 3.02. The van der Waals surface area contributed by atoms with Crippen LogP contribution in [0.3, 0.4) is 0 Å². The van der Waals surface area contributed by atoms with E-state index in [-0.39, 0.29) is 24.0 Å². The Labute approximate surface area is 169 Å². The predicted molar refractivity (Wildman–Crippen MR) is 111 cm³/mol. The minimum Gasteiger partial charge on any atom is -0.497 e. The van der Waals surface area contributed by atoms with Gasteiger partial charge in [0.25, 0.3) is 0 Å². The van der Waals surface area contributed by atoms with Gasteiger partial charge in [-0.1, -0.05) is 6.07 Å². The fourth-order valence-electron chi connectivity index (χ4n) is 3.63. The molecule has 6 heteroatoms. The molecule has 3 aromatic rings. The summed E-state index contributed by atoms with van der Waals surface area (Å²) in [5.41, 5.74) is 1.67. The molecule has 1 aliphatic rings. The number of nitrogens with one attached hydrogen (secondary N) is 1. The van der Waals surface area contributed by atoms with Crippen molar-refractivity contribution in [3.05, 3.63) is 54.2 Å². The summed E-state index contributed by atoms with van der Waals surface area (Å²) in [6.45, 7) is 5.81. The monoisotopic (exact) mass is 392 g/mol. The number of pyridine rings is 1. The predicted octanol–water partition coefficient (Wildman–Crippen LogP) is 4.42. The maximum Gasteiger partial charge on any atom is 0.231 e. The van der Waals surface area contributed by atoms with Gasteiger partial charge in [-0.05, 0) is 45.0 Å². The SMILES string of the molecule is COc1ccc2c(Oc3ccc4c(c3)OC(C)C4C(=O)NC(C)C)ccnc2c1. The number of benzene rings is 2. The Bertz CT molecular complexity index is 1060. The summed E-state index contributed by atoms with van der Waals surface area (Å²) >= 11 is 0. The van der Waals surface area contributed by atoms with E-state index in [0.717, 1.165) is 22.2 Å². The average molecular weight is 392 g/mol. The van der Waals surface area contributed by atoms with Crippen molar-refractivity contribution in [2.75, 3.05) is 7.11 Å². The van der Waals surface area contributed by atoms with Crippen molar-refractivity contribution in [1.82, 2.24) is 10.3 Å². The van der Waals surface area contributed by atoms with Crippen LogP contribution in [0.4, 0.5) is 0 Å². The number of carbonyl (C=O) groups excluding carboxylic acids is 1. The summed E-state index contributed by atoms with van der Waals surface area (Å²) < 4.78 is 17.3. The lowest BCUT2D eigenvalue weighted by atomic mass is 9.95. The van der Waals surface area contributed by atoms with Gasteiger partial charge in [0.15, 0.2) is 0 Å². The largest absolute Gasteiger partial charge is 0.497 e. The maximum atomic E-state index is 12.6. The highest BCUT2D eigenvalue weighted by atomic mass is 16.5. The molecule has 0 saturated heterocycles. The summed E-state index contributed by atoms with van der Waals surface area (Å²) in [6.07, 6.45) is 1.48. The van der Waals surface area contributed by atoms with Crippen LogP contribution in [0.1, 0.15) is 32.3 Å². The molecule has 29 heavy (non-hydrogen) atoms. The normalized spacial score (nSPS) is 17.7. The van der Waals surface area contributed by atoms with Crippen molar-refractivity contribution in [3.8, 4) is 23.0 Å². The van der Waals surface area contributed by atoms with Gasteiger partial charge >= 0.3 is 0 Å². The minimum atomic E-state index is -0.323. The molecule has 1 aromatic heterocycles. The summed E-state index contributed by atoms with van der Waals surface area (Å²) in [5.74, 6) is 2.42. The molecular weight excluding hydrogens is 368 g/mol. The highest BCUT2D eigenvalue weighted by Crippen LogP contribution is 2.41. The van der Waals surface area contributed by atoms with Gasteiger partial charge in [-0.15, -0.1) is 0 Å². The number of rotatable bonds is 5. The number of ether oxygens (including phenoxy) is 3. The minimum absolute atomic E-state index is 0.0195. The fraction of sp³-hybridized carbons (Fsp3) is 0.304. The van der Waals surface area contributed by atoms with Crippen LogP contribution in [0.15, 0.2) is 48.7 Å². The first kappa shape index (κ1) is 19.1. The Morgan fingerprint density at radius 2 is 1.93 bits per heavy atom. The van der Waals surface area contributed by atoms with Crippen molar-refractivity contribution >= 4 is 16.8 Å². The van der Waals surface area contributed by atoms with Crippen LogP contribution in [0, 0.1) is 0 Å². The molecule has 2 unspecified atom stereocenters. The van der Waals surface area contributed by atoms with Crippen molar-refractivity contribution in [3.63, 3.8) is 0 Å². The van der Waals surface area contributed by atoms with Gasteiger partial charge in [-0.25, -0.2) is 0 Å². The second-order valence-electron chi connectivity index (χ2n) is 7.46. The summed E-state index contributed by atoms with van der Waals surface area (Å²) in [7, 11) is 1.63.